The second-order valence-corrected chi connectivity index (χ2v) is 7.80. The van der Waals surface area contributed by atoms with Crippen LogP contribution in [-0.2, 0) is 4.74 Å². The lowest BCUT2D eigenvalue weighted by Gasteiger charge is -2.40. The highest BCUT2D eigenvalue weighted by Gasteiger charge is 2.37. The molecule has 3 aromatic carbocycles. The molecule has 1 saturated heterocycles. The summed E-state index contributed by atoms with van der Waals surface area (Å²) in [5, 5.41) is 7.88. The number of nitrogens with one attached hydrogen (secondary N) is 2. The van der Waals surface area contributed by atoms with Gasteiger partial charge in [0.2, 0.25) is 0 Å². The number of halogens is 2. The Balaban J connectivity index is 1.61. The first kappa shape index (κ1) is 19.0. The lowest BCUT2D eigenvalue weighted by Crippen LogP contribution is -2.49. The van der Waals surface area contributed by atoms with E-state index in [9.17, 15) is 4.39 Å². The first-order valence-corrected chi connectivity index (χ1v) is 10.4. The van der Waals surface area contributed by atoms with Gasteiger partial charge in [-0.15, -0.1) is 0 Å². The first-order valence-electron chi connectivity index (χ1n) is 9.27. The van der Waals surface area contributed by atoms with E-state index in [4.69, 9.17) is 4.74 Å². The second-order valence-electron chi connectivity index (χ2n) is 7.24. The summed E-state index contributed by atoms with van der Waals surface area (Å²) in [6, 6.07) is 23.0. The van der Waals surface area contributed by atoms with Crippen molar-refractivity contribution in [3.63, 3.8) is 0 Å². The topological polar surface area (TPSA) is 33.3 Å². The molecule has 0 aliphatic carbocycles. The van der Waals surface area contributed by atoms with Gasteiger partial charge < -0.3 is 15.4 Å². The average molecular weight is 441 g/mol. The maximum Gasteiger partial charge on any atom is 0.123 e. The van der Waals surface area contributed by atoms with Gasteiger partial charge in [0.15, 0.2) is 0 Å². The zero-order valence-electron chi connectivity index (χ0n) is 15.4. The molecule has 144 valence electrons. The molecule has 5 heteroatoms. The van der Waals surface area contributed by atoms with Gasteiger partial charge in [0.1, 0.15) is 5.82 Å². The number of hydrogen-bond acceptors (Lipinski definition) is 3. The fraction of sp³-hybridized carbons (Fsp3) is 0.217. The van der Waals surface area contributed by atoms with Gasteiger partial charge in [-0.05, 0) is 42.0 Å². The molecule has 3 aromatic rings. The smallest absolute Gasteiger partial charge is 0.123 e. The molecule has 0 amide bonds. The predicted octanol–water partition coefficient (Wildman–Crippen LogP) is 6.06. The molecule has 4 rings (SSSR count). The number of ether oxygens (including phenoxy) is 1. The third-order valence-electron chi connectivity index (χ3n) is 4.99. The van der Waals surface area contributed by atoms with Gasteiger partial charge >= 0.3 is 0 Å². The molecule has 28 heavy (non-hydrogen) atoms. The van der Waals surface area contributed by atoms with E-state index >= 15 is 0 Å². The van der Waals surface area contributed by atoms with Crippen LogP contribution in [0.4, 0.5) is 21.5 Å². The minimum atomic E-state index is -0.241. The van der Waals surface area contributed by atoms with Gasteiger partial charge in [0.05, 0.1) is 13.2 Å². The number of benzene rings is 3. The molecule has 0 aromatic heterocycles. The molecule has 1 heterocycles. The summed E-state index contributed by atoms with van der Waals surface area (Å²) in [4.78, 5) is 0. The number of anilines is 3. The van der Waals surface area contributed by atoms with Crippen molar-refractivity contribution in [3.8, 4) is 11.1 Å². The minimum absolute atomic E-state index is 0.133. The van der Waals surface area contributed by atoms with Gasteiger partial charge in [-0.1, -0.05) is 52.3 Å². The zero-order chi connectivity index (χ0) is 19.4. The first-order chi connectivity index (χ1) is 13.7. The largest absolute Gasteiger partial charge is 0.384 e. The molecule has 1 fully saturated rings. The summed E-state index contributed by atoms with van der Waals surface area (Å²) in [5.41, 5.74) is 5.31. The molecule has 2 N–H and O–H groups in total. The summed E-state index contributed by atoms with van der Waals surface area (Å²) >= 11 is 3.62. The van der Waals surface area contributed by atoms with Crippen molar-refractivity contribution in [2.45, 2.75) is 0 Å². The Morgan fingerprint density at radius 3 is 2.29 bits per heavy atom. The Morgan fingerprint density at radius 2 is 1.64 bits per heavy atom. The number of alkyl halides is 1. The van der Waals surface area contributed by atoms with Gasteiger partial charge in [0, 0.05) is 39.9 Å². The summed E-state index contributed by atoms with van der Waals surface area (Å²) < 4.78 is 18.6. The highest BCUT2D eigenvalue weighted by molar-refractivity contribution is 9.09. The maximum atomic E-state index is 13.2. The fourth-order valence-electron chi connectivity index (χ4n) is 3.24. The normalized spacial score (nSPS) is 14.9. The van der Waals surface area contributed by atoms with E-state index in [1.54, 1.807) is 12.1 Å². The van der Waals surface area contributed by atoms with Gasteiger partial charge in [-0.2, -0.15) is 0 Å². The van der Waals surface area contributed by atoms with Gasteiger partial charge in [-0.25, -0.2) is 4.39 Å². The minimum Gasteiger partial charge on any atom is -0.384 e. The van der Waals surface area contributed by atoms with E-state index in [1.807, 2.05) is 24.3 Å². The van der Waals surface area contributed by atoms with Crippen LogP contribution in [0.2, 0.25) is 0 Å². The highest BCUT2D eigenvalue weighted by Crippen LogP contribution is 2.35. The lowest BCUT2D eigenvalue weighted by molar-refractivity contribution is -0.0885. The summed E-state index contributed by atoms with van der Waals surface area (Å²) in [7, 11) is 0. The molecule has 3 nitrogen and oxygen atoms in total. The summed E-state index contributed by atoms with van der Waals surface area (Å²) in [5.74, 6) is -0.241. The van der Waals surface area contributed by atoms with Crippen molar-refractivity contribution >= 4 is 33.0 Å². The van der Waals surface area contributed by atoms with Crippen LogP contribution in [-0.4, -0.2) is 25.1 Å². The Labute approximate surface area is 173 Å². The summed E-state index contributed by atoms with van der Waals surface area (Å²) in [6.07, 6.45) is 0. The van der Waals surface area contributed by atoms with E-state index in [0.717, 1.165) is 53.3 Å². The van der Waals surface area contributed by atoms with Crippen LogP contribution >= 0.6 is 15.9 Å². The molecule has 0 unspecified atom stereocenters. The molecule has 0 atom stereocenters. The van der Waals surface area contributed by atoms with Crippen molar-refractivity contribution in [2.75, 3.05) is 35.7 Å². The molecular formula is C23H22BrFN2O. The Morgan fingerprint density at radius 1 is 0.929 bits per heavy atom. The Hall–Kier alpha value is -2.37. The summed E-state index contributed by atoms with van der Waals surface area (Å²) in [6.45, 7) is 2.36. The molecule has 0 saturated carbocycles. The van der Waals surface area contributed by atoms with Crippen LogP contribution in [0.1, 0.15) is 0 Å². The standard InChI is InChI=1S/C23H22BrFN2O/c24-13-23(15-28-16-23)14-26-22-12-20(27-19-8-6-18(25)7-9-19)10-11-21(22)17-4-2-1-3-5-17/h1-12,26-27H,13-16H2. The Kier molecular flexibility index (Phi) is 5.64. The van der Waals surface area contributed by atoms with Crippen LogP contribution in [0.3, 0.4) is 0 Å². The van der Waals surface area contributed by atoms with Crippen molar-refractivity contribution in [3.05, 3.63) is 78.6 Å². The van der Waals surface area contributed by atoms with Gasteiger partial charge in [-0.3, -0.25) is 0 Å². The van der Waals surface area contributed by atoms with Crippen LogP contribution < -0.4 is 10.6 Å². The van der Waals surface area contributed by atoms with Crippen LogP contribution in [0.5, 0.6) is 0 Å². The van der Waals surface area contributed by atoms with Crippen molar-refractivity contribution in [1.29, 1.82) is 0 Å². The quantitative estimate of drug-likeness (QED) is 0.438. The Bertz CT molecular complexity index is 922. The van der Waals surface area contributed by atoms with Crippen molar-refractivity contribution < 1.29 is 9.13 Å². The molecular weight excluding hydrogens is 419 g/mol. The van der Waals surface area contributed by atoms with E-state index in [0.29, 0.717) is 0 Å². The predicted molar refractivity (Wildman–Crippen MR) is 117 cm³/mol. The zero-order valence-corrected chi connectivity index (χ0v) is 17.0. The number of hydrogen-bond donors (Lipinski definition) is 2. The van der Waals surface area contributed by atoms with Crippen molar-refractivity contribution in [1.82, 2.24) is 0 Å². The SMILES string of the molecule is Fc1ccc(Nc2ccc(-c3ccccc3)c(NCC3(CBr)COC3)c2)cc1. The van der Waals surface area contributed by atoms with E-state index < -0.39 is 0 Å². The third kappa shape index (κ3) is 4.21. The van der Waals surface area contributed by atoms with Crippen LogP contribution in [0.25, 0.3) is 11.1 Å². The van der Waals surface area contributed by atoms with E-state index in [2.05, 4.69) is 50.8 Å². The van der Waals surface area contributed by atoms with Crippen LogP contribution in [0, 0.1) is 11.2 Å². The lowest BCUT2D eigenvalue weighted by atomic mass is 9.88. The third-order valence-corrected chi connectivity index (χ3v) is 6.18. The maximum absolute atomic E-state index is 13.2. The van der Waals surface area contributed by atoms with Crippen LogP contribution in [0.15, 0.2) is 72.8 Å². The fourth-order valence-corrected chi connectivity index (χ4v) is 3.76. The van der Waals surface area contributed by atoms with Gasteiger partial charge in [0.25, 0.3) is 0 Å². The average Bonchev–Trinajstić information content (AvgIpc) is 2.70. The molecule has 0 spiro atoms. The molecule has 1 aliphatic heterocycles. The number of rotatable bonds is 7. The highest BCUT2D eigenvalue weighted by atomic mass is 79.9. The molecule has 0 radical (unpaired) electrons. The molecule has 1 aliphatic rings. The van der Waals surface area contributed by atoms with Crippen molar-refractivity contribution in [2.24, 2.45) is 5.41 Å². The van der Waals surface area contributed by atoms with E-state index in [-0.39, 0.29) is 11.2 Å². The van der Waals surface area contributed by atoms with E-state index in [1.165, 1.54) is 12.1 Å². The second kappa shape index (κ2) is 8.33. The monoisotopic (exact) mass is 440 g/mol. The molecule has 0 bridgehead atoms.